The highest BCUT2D eigenvalue weighted by atomic mass is 16.5. The van der Waals surface area contributed by atoms with Crippen molar-refractivity contribution in [3.63, 3.8) is 0 Å². The Hall–Kier alpha value is -0.930. The number of aromatic nitrogens is 1. The molecule has 1 N–H and O–H groups in total. The smallest absolute Gasteiger partial charge is 0.0992 e. The highest BCUT2D eigenvalue weighted by Gasteiger charge is 2.44. The summed E-state index contributed by atoms with van der Waals surface area (Å²) >= 11 is 0. The van der Waals surface area contributed by atoms with Crippen LogP contribution < -0.4 is 0 Å². The van der Waals surface area contributed by atoms with Crippen molar-refractivity contribution >= 4 is 0 Å². The van der Waals surface area contributed by atoms with E-state index in [-0.39, 0.29) is 5.60 Å². The molecule has 2 unspecified atom stereocenters. The van der Waals surface area contributed by atoms with Gasteiger partial charge in [-0.2, -0.15) is 0 Å². The fourth-order valence-electron chi connectivity index (χ4n) is 3.29. The van der Waals surface area contributed by atoms with Crippen LogP contribution >= 0.6 is 0 Å². The number of hydrogen-bond donors (Lipinski definition) is 1. The first-order valence-corrected chi connectivity index (χ1v) is 6.94. The molecule has 0 aromatic carbocycles. The van der Waals surface area contributed by atoms with Gasteiger partial charge in [-0.1, -0.05) is 6.07 Å². The van der Waals surface area contributed by atoms with Gasteiger partial charge in [0.15, 0.2) is 0 Å². The average molecular weight is 247 g/mol. The molecule has 1 aromatic heterocycles. The molecule has 2 fully saturated rings. The minimum Gasteiger partial charge on any atom is -0.387 e. The van der Waals surface area contributed by atoms with Gasteiger partial charge in [0.25, 0.3) is 0 Å². The van der Waals surface area contributed by atoms with Crippen molar-refractivity contribution in [1.82, 2.24) is 4.98 Å². The van der Waals surface area contributed by atoms with E-state index in [0.717, 1.165) is 43.5 Å². The molecule has 18 heavy (non-hydrogen) atoms. The molecule has 3 nitrogen and oxygen atoms in total. The van der Waals surface area contributed by atoms with Gasteiger partial charge in [-0.05, 0) is 56.6 Å². The maximum atomic E-state index is 10.6. The summed E-state index contributed by atoms with van der Waals surface area (Å²) in [6, 6.07) is 3.94. The molecule has 1 aromatic rings. The van der Waals surface area contributed by atoms with Gasteiger partial charge in [0.05, 0.1) is 17.4 Å². The van der Waals surface area contributed by atoms with Crippen molar-refractivity contribution in [2.24, 2.45) is 5.92 Å². The summed E-state index contributed by atoms with van der Waals surface area (Å²) in [4.78, 5) is 4.35. The Balaban J connectivity index is 1.76. The lowest BCUT2D eigenvalue weighted by Crippen LogP contribution is -2.46. The van der Waals surface area contributed by atoms with Gasteiger partial charge >= 0.3 is 0 Å². The topological polar surface area (TPSA) is 42.4 Å². The molecule has 1 aliphatic heterocycles. The van der Waals surface area contributed by atoms with E-state index in [0.29, 0.717) is 5.92 Å². The van der Waals surface area contributed by atoms with E-state index in [1.165, 1.54) is 6.42 Å². The molecular weight excluding hydrogens is 226 g/mol. The zero-order valence-electron chi connectivity index (χ0n) is 10.9. The third-order valence-corrected chi connectivity index (χ3v) is 4.57. The molecule has 2 heterocycles. The van der Waals surface area contributed by atoms with Crippen molar-refractivity contribution in [3.05, 3.63) is 29.6 Å². The Morgan fingerprint density at radius 3 is 3.00 bits per heavy atom. The van der Waals surface area contributed by atoms with Crippen LogP contribution in [0, 0.1) is 12.8 Å². The number of aliphatic hydroxyl groups excluding tert-OH is 1. The molecule has 0 amide bonds. The molecule has 1 saturated carbocycles. The predicted octanol–water partition coefficient (Wildman–Crippen LogP) is 2.77. The minimum atomic E-state index is -0.437. The van der Waals surface area contributed by atoms with E-state index in [2.05, 4.69) is 4.98 Å². The first-order chi connectivity index (χ1) is 8.70. The van der Waals surface area contributed by atoms with E-state index in [1.807, 2.05) is 19.1 Å². The minimum absolute atomic E-state index is 0.0899. The summed E-state index contributed by atoms with van der Waals surface area (Å²) < 4.78 is 5.92. The summed E-state index contributed by atoms with van der Waals surface area (Å²) in [6.07, 6.45) is 6.86. The summed E-state index contributed by atoms with van der Waals surface area (Å²) in [6.45, 7) is 2.80. The first kappa shape index (κ1) is 12.1. The van der Waals surface area contributed by atoms with Crippen LogP contribution in [0.25, 0.3) is 0 Å². The van der Waals surface area contributed by atoms with Crippen molar-refractivity contribution in [1.29, 1.82) is 0 Å². The Labute approximate surface area is 108 Å². The molecule has 2 atom stereocenters. The first-order valence-electron chi connectivity index (χ1n) is 6.94. The summed E-state index contributed by atoms with van der Waals surface area (Å²) in [5, 5.41) is 10.6. The Morgan fingerprint density at radius 1 is 1.50 bits per heavy atom. The van der Waals surface area contributed by atoms with Crippen LogP contribution in [0.4, 0.5) is 0 Å². The number of pyridine rings is 1. The SMILES string of the molecule is Cc1cccnc1C(O)C1CCOC2(CCC2)C1. The van der Waals surface area contributed by atoms with Crippen LogP contribution in [0.3, 0.4) is 0 Å². The van der Waals surface area contributed by atoms with Crippen molar-refractivity contribution in [3.8, 4) is 0 Å². The molecule has 0 bridgehead atoms. The largest absolute Gasteiger partial charge is 0.387 e. The van der Waals surface area contributed by atoms with E-state index in [4.69, 9.17) is 4.74 Å². The number of ether oxygens (including phenoxy) is 1. The molecular formula is C15H21NO2. The van der Waals surface area contributed by atoms with Gasteiger partial charge in [-0.15, -0.1) is 0 Å². The molecule has 2 aliphatic rings. The van der Waals surface area contributed by atoms with Crippen LogP contribution in [0.2, 0.25) is 0 Å². The van der Waals surface area contributed by atoms with Gasteiger partial charge in [-0.25, -0.2) is 0 Å². The summed E-state index contributed by atoms with van der Waals surface area (Å²) in [5.41, 5.74) is 2.02. The van der Waals surface area contributed by atoms with Crippen LogP contribution in [0.1, 0.15) is 49.5 Å². The van der Waals surface area contributed by atoms with Gasteiger partial charge in [0.1, 0.15) is 0 Å². The highest BCUT2D eigenvalue weighted by Crippen LogP contribution is 2.47. The predicted molar refractivity (Wildman–Crippen MR) is 69.2 cm³/mol. The van der Waals surface area contributed by atoms with E-state index >= 15 is 0 Å². The van der Waals surface area contributed by atoms with Crippen LogP contribution in [0.15, 0.2) is 18.3 Å². The number of hydrogen-bond acceptors (Lipinski definition) is 3. The second-order valence-electron chi connectivity index (χ2n) is 5.79. The van der Waals surface area contributed by atoms with E-state index in [9.17, 15) is 5.11 Å². The number of nitrogens with zero attached hydrogens (tertiary/aromatic N) is 1. The lowest BCUT2D eigenvalue weighted by atomic mass is 9.70. The molecule has 0 radical (unpaired) electrons. The molecule has 1 aliphatic carbocycles. The lowest BCUT2D eigenvalue weighted by Gasteiger charge is -2.48. The summed E-state index contributed by atoms with van der Waals surface area (Å²) in [7, 11) is 0. The quantitative estimate of drug-likeness (QED) is 0.873. The van der Waals surface area contributed by atoms with Crippen LogP contribution in [-0.2, 0) is 4.74 Å². The maximum absolute atomic E-state index is 10.6. The zero-order chi connectivity index (χ0) is 12.6. The number of aryl methyl sites for hydroxylation is 1. The Morgan fingerprint density at radius 2 is 2.33 bits per heavy atom. The average Bonchev–Trinajstić information content (AvgIpc) is 2.37. The monoisotopic (exact) mass is 247 g/mol. The Kier molecular flexibility index (Phi) is 3.12. The normalized spacial score (nSPS) is 27.8. The third-order valence-electron chi connectivity index (χ3n) is 4.57. The van der Waals surface area contributed by atoms with Gasteiger partial charge in [-0.3, -0.25) is 4.98 Å². The van der Waals surface area contributed by atoms with Crippen molar-refractivity contribution in [2.45, 2.75) is 50.7 Å². The lowest BCUT2D eigenvalue weighted by molar-refractivity contribution is -0.157. The Bertz CT molecular complexity index is 428. The fourth-order valence-corrected chi connectivity index (χ4v) is 3.29. The highest BCUT2D eigenvalue weighted by molar-refractivity contribution is 5.20. The van der Waals surface area contributed by atoms with Gasteiger partial charge < -0.3 is 9.84 Å². The van der Waals surface area contributed by atoms with Crippen LogP contribution in [0.5, 0.6) is 0 Å². The van der Waals surface area contributed by atoms with Gasteiger partial charge in [0, 0.05) is 12.8 Å². The van der Waals surface area contributed by atoms with Crippen molar-refractivity contribution in [2.75, 3.05) is 6.61 Å². The molecule has 3 heteroatoms. The second kappa shape index (κ2) is 4.63. The molecule has 1 spiro atoms. The number of rotatable bonds is 2. The zero-order valence-corrected chi connectivity index (χ0v) is 10.9. The standard InChI is InChI=1S/C15H21NO2/c1-11-4-2-8-16-13(11)14(17)12-5-9-18-15(10-12)6-3-7-15/h2,4,8,12,14,17H,3,5-7,9-10H2,1H3. The van der Waals surface area contributed by atoms with E-state index < -0.39 is 6.10 Å². The second-order valence-corrected chi connectivity index (χ2v) is 5.79. The van der Waals surface area contributed by atoms with Crippen molar-refractivity contribution < 1.29 is 9.84 Å². The molecule has 1 saturated heterocycles. The maximum Gasteiger partial charge on any atom is 0.0992 e. The summed E-state index contributed by atoms with van der Waals surface area (Å²) in [5.74, 6) is 0.299. The van der Waals surface area contributed by atoms with Crippen LogP contribution in [-0.4, -0.2) is 22.3 Å². The third kappa shape index (κ3) is 2.06. The molecule has 98 valence electrons. The van der Waals surface area contributed by atoms with Gasteiger partial charge in [0.2, 0.25) is 0 Å². The molecule has 3 rings (SSSR count). The van der Waals surface area contributed by atoms with E-state index in [1.54, 1.807) is 6.20 Å². The fraction of sp³-hybridized carbons (Fsp3) is 0.667. The number of aliphatic hydroxyl groups is 1.